The number of hydrogen-bond acceptors (Lipinski definition) is 2. The van der Waals surface area contributed by atoms with Gasteiger partial charge >= 0.3 is 6.18 Å². The van der Waals surface area contributed by atoms with Crippen molar-refractivity contribution in [3.63, 3.8) is 0 Å². The molecule has 1 aliphatic rings. The number of nitrogens with one attached hydrogen (secondary N) is 2. The van der Waals surface area contributed by atoms with Gasteiger partial charge in [-0.3, -0.25) is 5.43 Å². The largest absolute Gasteiger partial charge is 0.416 e. The van der Waals surface area contributed by atoms with E-state index < -0.39 is 11.7 Å². The maximum absolute atomic E-state index is 12.9. The Labute approximate surface area is 165 Å². The lowest BCUT2D eigenvalue weighted by atomic mass is 10.0. The van der Waals surface area contributed by atoms with Gasteiger partial charge in [-0.05, 0) is 61.7 Å². The molecule has 0 aliphatic heterocycles. The third kappa shape index (κ3) is 4.99. The zero-order valence-corrected chi connectivity index (χ0v) is 15.8. The molecule has 0 unspecified atom stereocenters. The van der Waals surface area contributed by atoms with Crippen molar-refractivity contribution in [2.24, 2.45) is 5.10 Å². The summed E-state index contributed by atoms with van der Waals surface area (Å²) < 4.78 is 38.6. The zero-order chi connectivity index (χ0) is 19.4. The van der Waals surface area contributed by atoms with Crippen LogP contribution in [0.1, 0.15) is 36.0 Å². The monoisotopic (exact) mass is 411 g/mol. The Morgan fingerprint density at radius 1 is 1.07 bits per heavy atom. The first-order valence-electron chi connectivity index (χ1n) is 8.43. The van der Waals surface area contributed by atoms with Gasteiger partial charge in [0, 0.05) is 5.56 Å². The number of fused-ring (bicyclic) bond motifs is 1. The maximum atomic E-state index is 12.9. The van der Waals surface area contributed by atoms with Crippen LogP contribution in [0.2, 0.25) is 5.02 Å². The Hall–Kier alpha value is -2.12. The number of thiocarbonyl (C=S) groups is 1. The van der Waals surface area contributed by atoms with Crippen molar-refractivity contribution in [2.75, 3.05) is 5.32 Å². The van der Waals surface area contributed by atoms with Gasteiger partial charge in [0.15, 0.2) is 5.11 Å². The summed E-state index contributed by atoms with van der Waals surface area (Å²) in [5, 5.41) is 7.28. The summed E-state index contributed by atoms with van der Waals surface area (Å²) in [6.45, 7) is 0. The van der Waals surface area contributed by atoms with E-state index in [2.05, 4.69) is 21.9 Å². The van der Waals surface area contributed by atoms with Crippen LogP contribution in [-0.4, -0.2) is 10.8 Å². The molecule has 3 nitrogen and oxygen atoms in total. The number of hydrogen-bond donors (Lipinski definition) is 2. The molecule has 0 bridgehead atoms. The minimum absolute atomic E-state index is 0.0745. The van der Waals surface area contributed by atoms with Gasteiger partial charge in [-0.15, -0.1) is 0 Å². The van der Waals surface area contributed by atoms with Crippen molar-refractivity contribution in [2.45, 2.75) is 31.9 Å². The van der Waals surface area contributed by atoms with Crippen molar-refractivity contribution in [1.29, 1.82) is 0 Å². The van der Waals surface area contributed by atoms with Gasteiger partial charge in [0.2, 0.25) is 0 Å². The van der Waals surface area contributed by atoms with E-state index in [0.717, 1.165) is 49.1 Å². The molecule has 0 fully saturated rings. The molecule has 0 saturated carbocycles. The molecule has 0 atom stereocenters. The first kappa shape index (κ1) is 19.6. The Balaban J connectivity index is 1.75. The lowest BCUT2D eigenvalue weighted by Crippen LogP contribution is -2.26. The minimum atomic E-state index is -4.46. The number of aryl methyl sites for hydroxylation is 1. The first-order valence-corrected chi connectivity index (χ1v) is 9.22. The molecule has 2 aromatic carbocycles. The summed E-state index contributed by atoms with van der Waals surface area (Å²) in [6.07, 6.45) is -0.567. The van der Waals surface area contributed by atoms with Crippen LogP contribution < -0.4 is 10.7 Å². The molecule has 8 heteroatoms. The quantitative estimate of drug-likeness (QED) is 0.374. The highest BCUT2D eigenvalue weighted by molar-refractivity contribution is 7.80. The average molecular weight is 412 g/mol. The Morgan fingerprint density at radius 2 is 1.81 bits per heavy atom. The predicted octanol–water partition coefficient (Wildman–Crippen LogP) is 5.78. The summed E-state index contributed by atoms with van der Waals surface area (Å²) in [7, 11) is 0. The molecule has 0 heterocycles. The van der Waals surface area contributed by atoms with Crippen molar-refractivity contribution in [3.05, 3.63) is 64.2 Å². The average Bonchev–Trinajstić information content (AvgIpc) is 2.83. The van der Waals surface area contributed by atoms with Gasteiger partial charge in [-0.2, -0.15) is 18.3 Å². The number of anilines is 1. The van der Waals surface area contributed by atoms with E-state index in [0.29, 0.717) is 0 Å². The summed E-state index contributed by atoms with van der Waals surface area (Å²) >= 11 is 11.1. The van der Waals surface area contributed by atoms with Crippen molar-refractivity contribution in [1.82, 2.24) is 5.43 Å². The van der Waals surface area contributed by atoms with Gasteiger partial charge in [-0.1, -0.05) is 35.9 Å². The van der Waals surface area contributed by atoms with E-state index in [4.69, 9.17) is 23.8 Å². The predicted molar refractivity (Wildman–Crippen MR) is 106 cm³/mol. The molecule has 0 amide bonds. The molecule has 27 heavy (non-hydrogen) atoms. The smallest absolute Gasteiger partial charge is 0.330 e. The van der Waals surface area contributed by atoms with Crippen LogP contribution >= 0.6 is 23.8 Å². The van der Waals surface area contributed by atoms with E-state index in [9.17, 15) is 13.2 Å². The molecular weight excluding hydrogens is 395 g/mol. The summed E-state index contributed by atoms with van der Waals surface area (Å²) in [5.74, 6) is 0. The van der Waals surface area contributed by atoms with Crippen LogP contribution in [0, 0.1) is 0 Å². The van der Waals surface area contributed by atoms with Gasteiger partial charge < -0.3 is 5.32 Å². The highest BCUT2D eigenvalue weighted by Crippen LogP contribution is 2.33. The fourth-order valence-electron chi connectivity index (χ4n) is 2.94. The topological polar surface area (TPSA) is 36.4 Å². The van der Waals surface area contributed by atoms with E-state index >= 15 is 0 Å². The number of benzene rings is 2. The minimum Gasteiger partial charge on any atom is -0.330 e. The third-order valence-corrected chi connectivity index (χ3v) is 4.80. The van der Waals surface area contributed by atoms with E-state index in [1.54, 1.807) is 0 Å². The number of nitrogens with zero attached hydrogens (tertiary/aromatic N) is 1. The molecule has 142 valence electrons. The Kier molecular flexibility index (Phi) is 6.01. The highest BCUT2D eigenvalue weighted by atomic mass is 35.5. The normalized spacial score (nSPS) is 15.8. The lowest BCUT2D eigenvalue weighted by molar-refractivity contribution is -0.137. The maximum Gasteiger partial charge on any atom is 0.416 e. The second-order valence-electron chi connectivity index (χ2n) is 6.18. The third-order valence-electron chi connectivity index (χ3n) is 4.27. The summed E-state index contributed by atoms with van der Waals surface area (Å²) in [6, 6.07) is 11.1. The van der Waals surface area contributed by atoms with Crippen molar-refractivity contribution < 1.29 is 13.2 Å². The van der Waals surface area contributed by atoms with Gasteiger partial charge in [0.1, 0.15) is 0 Å². The van der Waals surface area contributed by atoms with E-state index in [1.807, 2.05) is 18.2 Å². The number of halogens is 4. The standard InChI is InChI=1S/C19H17ClF3N3S/c20-15-10-9-13(19(21,22)23)11-17(15)24-18(27)26-25-16-8-4-2-6-12-5-1-3-7-14(12)16/h1,3,5,7,9-11H,2,4,6,8H2,(H2,24,26,27). The number of alkyl halides is 3. The Morgan fingerprint density at radius 3 is 2.59 bits per heavy atom. The first-order chi connectivity index (χ1) is 12.8. The molecule has 0 aromatic heterocycles. The van der Waals surface area contributed by atoms with Crippen LogP contribution in [0.5, 0.6) is 0 Å². The fourth-order valence-corrected chi connectivity index (χ4v) is 3.26. The van der Waals surface area contributed by atoms with Gasteiger partial charge in [0.25, 0.3) is 0 Å². The Bertz CT molecular complexity index is 881. The molecule has 3 rings (SSSR count). The second kappa shape index (κ2) is 8.27. The van der Waals surface area contributed by atoms with Gasteiger partial charge in [0.05, 0.1) is 22.0 Å². The lowest BCUT2D eigenvalue weighted by Gasteiger charge is -2.13. The van der Waals surface area contributed by atoms with Gasteiger partial charge in [-0.25, -0.2) is 0 Å². The van der Waals surface area contributed by atoms with Crippen LogP contribution in [0.4, 0.5) is 18.9 Å². The molecule has 0 radical (unpaired) electrons. The zero-order valence-electron chi connectivity index (χ0n) is 14.2. The van der Waals surface area contributed by atoms with Crippen LogP contribution in [0.15, 0.2) is 47.6 Å². The summed E-state index contributed by atoms with van der Waals surface area (Å²) in [5.41, 5.74) is 5.17. The number of rotatable bonds is 2. The second-order valence-corrected chi connectivity index (χ2v) is 7.00. The van der Waals surface area contributed by atoms with Crippen molar-refractivity contribution >= 4 is 40.3 Å². The van der Waals surface area contributed by atoms with Crippen molar-refractivity contribution in [3.8, 4) is 0 Å². The van der Waals surface area contributed by atoms with Crippen LogP contribution in [0.3, 0.4) is 0 Å². The molecule has 1 aliphatic carbocycles. The fraction of sp³-hybridized carbons (Fsp3) is 0.263. The number of hydrazone groups is 1. The molecule has 2 aromatic rings. The molecular formula is C19H17ClF3N3S. The van der Waals surface area contributed by atoms with Crippen LogP contribution in [-0.2, 0) is 12.6 Å². The van der Waals surface area contributed by atoms with E-state index in [1.165, 1.54) is 11.6 Å². The van der Waals surface area contributed by atoms with E-state index in [-0.39, 0.29) is 15.8 Å². The highest BCUT2D eigenvalue weighted by Gasteiger charge is 2.31. The molecule has 2 N–H and O–H groups in total. The summed E-state index contributed by atoms with van der Waals surface area (Å²) in [4.78, 5) is 0. The van der Waals surface area contributed by atoms with Crippen LogP contribution in [0.25, 0.3) is 0 Å². The SMILES string of the molecule is FC(F)(F)c1ccc(Cl)c(NC(=S)NN=C2CCCCc3ccccc32)c1. The molecule has 0 saturated heterocycles. The molecule has 0 spiro atoms.